The maximum absolute atomic E-state index is 11.9. The van der Waals surface area contributed by atoms with Crippen molar-refractivity contribution in [2.24, 2.45) is 5.41 Å². The highest BCUT2D eigenvalue weighted by atomic mass is 16.5. The normalized spacial score (nSPS) is 15.4. The van der Waals surface area contributed by atoms with Gasteiger partial charge in [-0.25, -0.2) is 4.79 Å². The highest BCUT2D eigenvalue weighted by Gasteiger charge is 2.50. The number of nitriles is 1. The van der Waals surface area contributed by atoms with Crippen LogP contribution in [0, 0.1) is 16.7 Å². The average Bonchev–Trinajstić information content (AvgIpc) is 3.17. The molecule has 0 aromatic rings. The predicted octanol–water partition coefficient (Wildman–Crippen LogP) is 0.423. The number of ether oxygens (including phenoxy) is 1. The lowest BCUT2D eigenvalue weighted by Crippen LogP contribution is -2.45. The number of nitrogens with one attached hydrogen (secondary N) is 1. The Hall–Kier alpha value is -1.81. The quantitative estimate of drug-likeness (QED) is 0.665. The van der Waals surface area contributed by atoms with E-state index in [-0.39, 0.29) is 19.0 Å². The zero-order valence-electron chi connectivity index (χ0n) is 11.0. The smallest absolute Gasteiger partial charge is 0.317 e. The molecule has 2 amide bonds. The van der Waals surface area contributed by atoms with Crippen molar-refractivity contribution in [1.29, 1.82) is 5.26 Å². The molecule has 0 atom stereocenters. The summed E-state index contributed by atoms with van der Waals surface area (Å²) in [6, 6.07) is 1.63. The standard InChI is InChI=1S/C12H19N3O4/c1-19-8-7-15(6-2-5-13)11(18)14-9-12(3-4-12)10(16)17/h2-4,6-9H2,1H3,(H,14,18)(H,16,17). The molecule has 0 radical (unpaired) electrons. The number of amides is 2. The van der Waals surface area contributed by atoms with Crippen LogP contribution in [0.1, 0.15) is 19.3 Å². The Balaban J connectivity index is 2.42. The van der Waals surface area contributed by atoms with Crippen LogP contribution >= 0.6 is 0 Å². The van der Waals surface area contributed by atoms with Crippen molar-refractivity contribution in [2.45, 2.75) is 19.3 Å². The molecule has 7 heteroatoms. The molecule has 0 saturated heterocycles. The molecule has 1 fully saturated rings. The number of urea groups is 1. The molecule has 0 bridgehead atoms. The minimum Gasteiger partial charge on any atom is -0.481 e. The number of rotatable bonds is 8. The van der Waals surface area contributed by atoms with Gasteiger partial charge in [0.25, 0.3) is 0 Å². The van der Waals surface area contributed by atoms with Gasteiger partial charge in [0.2, 0.25) is 0 Å². The number of hydrogen-bond donors (Lipinski definition) is 2. The lowest BCUT2D eigenvalue weighted by molar-refractivity contribution is -0.143. The summed E-state index contributed by atoms with van der Waals surface area (Å²) in [5.74, 6) is -0.867. The van der Waals surface area contributed by atoms with Gasteiger partial charge in [-0.3, -0.25) is 4.79 Å². The van der Waals surface area contributed by atoms with E-state index in [4.69, 9.17) is 15.1 Å². The first-order valence-electron chi connectivity index (χ1n) is 6.18. The molecular formula is C12H19N3O4. The van der Waals surface area contributed by atoms with Crippen LogP contribution in [0.15, 0.2) is 0 Å². The fraction of sp³-hybridized carbons (Fsp3) is 0.750. The maximum Gasteiger partial charge on any atom is 0.317 e. The largest absolute Gasteiger partial charge is 0.481 e. The monoisotopic (exact) mass is 269 g/mol. The molecular weight excluding hydrogens is 250 g/mol. The van der Waals surface area contributed by atoms with Gasteiger partial charge >= 0.3 is 12.0 Å². The summed E-state index contributed by atoms with van der Waals surface area (Å²) in [5, 5.41) is 20.2. The summed E-state index contributed by atoms with van der Waals surface area (Å²) >= 11 is 0. The van der Waals surface area contributed by atoms with E-state index < -0.39 is 11.4 Å². The molecule has 0 spiro atoms. The molecule has 0 aliphatic heterocycles. The number of nitrogens with zero attached hydrogens (tertiary/aromatic N) is 2. The first-order valence-corrected chi connectivity index (χ1v) is 6.18. The zero-order valence-corrected chi connectivity index (χ0v) is 11.0. The summed E-state index contributed by atoms with van der Waals surface area (Å²) < 4.78 is 4.90. The fourth-order valence-electron chi connectivity index (χ4n) is 1.68. The van der Waals surface area contributed by atoms with Crippen LogP contribution < -0.4 is 5.32 Å². The Morgan fingerprint density at radius 3 is 2.63 bits per heavy atom. The Morgan fingerprint density at radius 2 is 2.16 bits per heavy atom. The van der Waals surface area contributed by atoms with E-state index >= 15 is 0 Å². The van der Waals surface area contributed by atoms with Gasteiger partial charge in [0.05, 0.1) is 24.5 Å². The van der Waals surface area contributed by atoms with Crippen LogP contribution in [0.4, 0.5) is 4.79 Å². The molecule has 1 aliphatic carbocycles. The molecule has 1 saturated carbocycles. The summed E-state index contributed by atoms with van der Waals surface area (Å²) in [7, 11) is 1.53. The van der Waals surface area contributed by atoms with E-state index in [1.165, 1.54) is 12.0 Å². The molecule has 2 N–H and O–H groups in total. The van der Waals surface area contributed by atoms with Gasteiger partial charge in [-0.1, -0.05) is 0 Å². The zero-order chi connectivity index (χ0) is 14.3. The van der Waals surface area contributed by atoms with E-state index in [1.54, 1.807) is 0 Å². The predicted molar refractivity (Wildman–Crippen MR) is 66.4 cm³/mol. The molecule has 0 unspecified atom stereocenters. The van der Waals surface area contributed by atoms with E-state index in [2.05, 4.69) is 5.32 Å². The molecule has 106 valence electrons. The molecule has 1 aliphatic rings. The van der Waals surface area contributed by atoms with Gasteiger partial charge in [-0.2, -0.15) is 5.26 Å². The molecule has 7 nitrogen and oxygen atoms in total. The van der Waals surface area contributed by atoms with Crippen LogP contribution in [0.5, 0.6) is 0 Å². The van der Waals surface area contributed by atoms with Crippen LogP contribution in [0.25, 0.3) is 0 Å². The Kier molecular flexibility index (Phi) is 5.57. The minimum atomic E-state index is -0.867. The van der Waals surface area contributed by atoms with Gasteiger partial charge in [0, 0.05) is 26.7 Å². The van der Waals surface area contributed by atoms with Crippen molar-refractivity contribution in [3.8, 4) is 6.07 Å². The van der Waals surface area contributed by atoms with Gasteiger partial charge in [-0.15, -0.1) is 0 Å². The number of carbonyl (C=O) groups is 2. The molecule has 19 heavy (non-hydrogen) atoms. The number of hydrogen-bond acceptors (Lipinski definition) is 4. The number of aliphatic carboxylic acids is 1. The van der Waals surface area contributed by atoms with E-state index in [1.807, 2.05) is 6.07 Å². The first-order chi connectivity index (χ1) is 9.05. The lowest BCUT2D eigenvalue weighted by atomic mass is 10.1. The number of carbonyl (C=O) groups excluding carboxylic acids is 1. The third-order valence-electron chi connectivity index (χ3n) is 3.23. The van der Waals surface area contributed by atoms with Crippen LogP contribution in [-0.2, 0) is 9.53 Å². The van der Waals surface area contributed by atoms with Crippen molar-refractivity contribution in [3.05, 3.63) is 0 Å². The van der Waals surface area contributed by atoms with Crippen molar-refractivity contribution < 1.29 is 19.4 Å². The highest BCUT2D eigenvalue weighted by Crippen LogP contribution is 2.45. The molecule has 0 aromatic heterocycles. The third kappa shape index (κ3) is 4.41. The molecule has 1 rings (SSSR count). The summed E-state index contributed by atoms with van der Waals surface area (Å²) in [4.78, 5) is 24.4. The minimum absolute atomic E-state index is 0.136. The van der Waals surface area contributed by atoms with E-state index in [0.717, 1.165) is 0 Å². The highest BCUT2D eigenvalue weighted by molar-refractivity contribution is 5.80. The summed E-state index contributed by atoms with van der Waals surface area (Å²) in [6.07, 6.45) is 1.43. The van der Waals surface area contributed by atoms with Gasteiger partial charge in [-0.05, 0) is 12.8 Å². The van der Waals surface area contributed by atoms with Crippen LogP contribution in [-0.4, -0.2) is 55.4 Å². The van der Waals surface area contributed by atoms with Crippen molar-refractivity contribution in [3.63, 3.8) is 0 Å². The number of carboxylic acids is 1. The second-order valence-corrected chi connectivity index (χ2v) is 4.63. The second kappa shape index (κ2) is 6.95. The topological polar surface area (TPSA) is 103 Å². The van der Waals surface area contributed by atoms with Crippen molar-refractivity contribution in [1.82, 2.24) is 10.2 Å². The second-order valence-electron chi connectivity index (χ2n) is 4.63. The summed E-state index contributed by atoms with van der Waals surface area (Å²) in [6.45, 7) is 1.20. The maximum atomic E-state index is 11.9. The molecule has 0 aromatic carbocycles. The van der Waals surface area contributed by atoms with Crippen molar-refractivity contribution >= 4 is 12.0 Å². The van der Waals surface area contributed by atoms with Crippen LogP contribution in [0.3, 0.4) is 0 Å². The van der Waals surface area contributed by atoms with Crippen molar-refractivity contribution in [2.75, 3.05) is 33.4 Å². The number of carboxylic acid groups (broad SMARTS) is 1. The third-order valence-corrected chi connectivity index (χ3v) is 3.23. The number of methoxy groups -OCH3 is 1. The molecule has 0 heterocycles. The first kappa shape index (κ1) is 15.2. The van der Waals surface area contributed by atoms with Crippen LogP contribution in [0.2, 0.25) is 0 Å². The van der Waals surface area contributed by atoms with Gasteiger partial charge in [0.15, 0.2) is 0 Å². The Labute approximate surface area is 112 Å². The van der Waals surface area contributed by atoms with E-state index in [0.29, 0.717) is 32.5 Å². The van der Waals surface area contributed by atoms with Gasteiger partial charge in [0.1, 0.15) is 0 Å². The van der Waals surface area contributed by atoms with Gasteiger partial charge < -0.3 is 20.1 Å². The Morgan fingerprint density at radius 1 is 1.47 bits per heavy atom. The average molecular weight is 269 g/mol. The SMILES string of the molecule is COCCN(CCC#N)C(=O)NCC1(C(=O)O)CC1. The summed E-state index contributed by atoms with van der Waals surface area (Å²) in [5.41, 5.74) is -0.780. The lowest BCUT2D eigenvalue weighted by Gasteiger charge is -2.22. The van der Waals surface area contributed by atoms with E-state index in [9.17, 15) is 9.59 Å². The Bertz CT molecular complexity index is 374. The fourth-order valence-corrected chi connectivity index (χ4v) is 1.68.